The van der Waals surface area contributed by atoms with Crippen LogP contribution in [0.3, 0.4) is 0 Å². The number of hydrogen-bond acceptors (Lipinski definition) is 5. The molecule has 178 valence electrons. The van der Waals surface area contributed by atoms with Crippen LogP contribution in [0.15, 0.2) is 53.2 Å². The van der Waals surface area contributed by atoms with E-state index in [1.165, 1.54) is 22.8 Å². The molecule has 0 unspecified atom stereocenters. The highest BCUT2D eigenvalue weighted by molar-refractivity contribution is 6.42. The Bertz CT molecular complexity index is 1510. The lowest BCUT2D eigenvalue weighted by Crippen LogP contribution is -2.18. The molecule has 1 aliphatic carbocycles. The molecular formula is C25H17Cl3N2O5. The van der Waals surface area contributed by atoms with E-state index < -0.39 is 17.5 Å². The van der Waals surface area contributed by atoms with Gasteiger partial charge in [-0.1, -0.05) is 52.1 Å². The minimum absolute atomic E-state index is 0.180. The molecule has 1 N–H and O–H groups in total. The summed E-state index contributed by atoms with van der Waals surface area (Å²) in [4.78, 5) is 25.0. The van der Waals surface area contributed by atoms with Gasteiger partial charge in [0.15, 0.2) is 5.76 Å². The highest BCUT2D eigenvalue weighted by Gasteiger charge is 2.52. The zero-order chi connectivity index (χ0) is 24.9. The Labute approximate surface area is 214 Å². The van der Waals surface area contributed by atoms with Crippen LogP contribution in [0, 0.1) is 0 Å². The summed E-state index contributed by atoms with van der Waals surface area (Å²) >= 11 is 19.0. The van der Waals surface area contributed by atoms with Crippen LogP contribution in [0.25, 0.3) is 28.2 Å². The van der Waals surface area contributed by atoms with Gasteiger partial charge in [0.25, 0.3) is 5.91 Å². The maximum absolute atomic E-state index is 14.0. The number of carboxylic acids is 1. The number of carbonyl (C=O) groups is 2. The molecule has 0 aliphatic heterocycles. The fourth-order valence-corrected chi connectivity index (χ4v) is 5.17. The number of carboxylic acid groups (broad SMARTS) is 1. The van der Waals surface area contributed by atoms with Crippen LogP contribution in [-0.4, -0.2) is 33.8 Å². The number of halogens is 3. The topological polar surface area (TPSA) is 94.6 Å². The van der Waals surface area contributed by atoms with E-state index in [1.54, 1.807) is 37.6 Å². The summed E-state index contributed by atoms with van der Waals surface area (Å²) < 4.78 is 12.8. The standard InChI is InChI=1S/C25H17Cl3N2O5/c1-34-25(8-9-25)23-21(22(29-35-23)20-16(27)11-14(26)12-17(20)28)24(33)30-10-7-15-13(5-6-19(31)32)3-2-4-18(15)30/h2-7,10-12H,8-9H2,1H3,(H,31,32)/b6-5+. The van der Waals surface area contributed by atoms with Gasteiger partial charge in [-0.2, -0.15) is 0 Å². The van der Waals surface area contributed by atoms with Crippen molar-refractivity contribution >= 4 is 63.7 Å². The van der Waals surface area contributed by atoms with Crippen molar-refractivity contribution in [2.45, 2.75) is 18.4 Å². The third kappa shape index (κ3) is 4.04. The molecule has 10 heteroatoms. The van der Waals surface area contributed by atoms with Crippen LogP contribution in [0.4, 0.5) is 0 Å². The van der Waals surface area contributed by atoms with Crippen molar-refractivity contribution < 1.29 is 24.0 Å². The Morgan fingerprint density at radius 3 is 2.51 bits per heavy atom. The quantitative estimate of drug-likeness (QED) is 0.279. The number of fused-ring (bicyclic) bond motifs is 1. The first-order valence-electron chi connectivity index (χ1n) is 10.5. The number of ether oxygens (including phenoxy) is 1. The first-order valence-corrected chi connectivity index (χ1v) is 11.6. The van der Waals surface area contributed by atoms with E-state index in [9.17, 15) is 9.59 Å². The zero-order valence-corrected chi connectivity index (χ0v) is 20.5. The minimum Gasteiger partial charge on any atom is -0.478 e. The number of hydrogen-bond donors (Lipinski definition) is 1. The number of benzene rings is 2. The van der Waals surface area contributed by atoms with Crippen molar-refractivity contribution in [3.63, 3.8) is 0 Å². The summed E-state index contributed by atoms with van der Waals surface area (Å²) in [5.74, 6) is -1.19. The summed E-state index contributed by atoms with van der Waals surface area (Å²) in [5, 5.41) is 14.7. The molecule has 2 aromatic carbocycles. The van der Waals surface area contributed by atoms with Gasteiger partial charge < -0.3 is 14.4 Å². The fourth-order valence-electron chi connectivity index (χ4n) is 4.17. The molecular weight excluding hydrogens is 515 g/mol. The van der Waals surface area contributed by atoms with Crippen molar-refractivity contribution in [3.05, 3.63) is 80.6 Å². The summed E-state index contributed by atoms with van der Waals surface area (Å²) in [6.45, 7) is 0. The second-order valence-electron chi connectivity index (χ2n) is 8.12. The lowest BCUT2D eigenvalue weighted by atomic mass is 10.0. The van der Waals surface area contributed by atoms with E-state index in [1.807, 2.05) is 0 Å². The number of aromatic nitrogens is 2. The van der Waals surface area contributed by atoms with Gasteiger partial charge in [0.05, 0.1) is 15.6 Å². The molecule has 0 bridgehead atoms. The Hall–Kier alpha value is -3.10. The van der Waals surface area contributed by atoms with E-state index >= 15 is 0 Å². The second kappa shape index (κ2) is 8.84. The molecule has 4 aromatic rings. The Kier molecular flexibility index (Phi) is 5.97. The largest absolute Gasteiger partial charge is 0.478 e. The van der Waals surface area contributed by atoms with Gasteiger partial charge >= 0.3 is 5.97 Å². The lowest BCUT2D eigenvalue weighted by Gasteiger charge is -2.13. The molecule has 2 aromatic heterocycles. The first-order chi connectivity index (χ1) is 16.8. The summed E-state index contributed by atoms with van der Waals surface area (Å²) in [6.07, 6.45) is 5.47. The molecule has 0 spiro atoms. The summed E-state index contributed by atoms with van der Waals surface area (Å²) in [7, 11) is 1.55. The fraction of sp³-hybridized carbons (Fsp3) is 0.160. The Morgan fingerprint density at radius 2 is 1.89 bits per heavy atom. The van der Waals surface area contributed by atoms with E-state index in [0.717, 1.165) is 6.08 Å². The number of carbonyl (C=O) groups excluding carboxylic acids is 1. The minimum atomic E-state index is -1.07. The number of rotatable bonds is 6. The molecule has 1 fully saturated rings. The predicted octanol–water partition coefficient (Wildman–Crippen LogP) is 6.68. The zero-order valence-electron chi connectivity index (χ0n) is 18.2. The van der Waals surface area contributed by atoms with Crippen LogP contribution in [0.2, 0.25) is 15.1 Å². The van der Waals surface area contributed by atoms with Crippen LogP contribution in [0.1, 0.15) is 34.5 Å². The monoisotopic (exact) mass is 530 g/mol. The van der Waals surface area contributed by atoms with Crippen molar-refractivity contribution in [1.82, 2.24) is 9.72 Å². The highest BCUT2D eigenvalue weighted by atomic mass is 35.5. The van der Waals surface area contributed by atoms with Gasteiger partial charge in [-0.15, -0.1) is 0 Å². The first kappa shape index (κ1) is 23.6. The summed E-state index contributed by atoms with van der Waals surface area (Å²) in [5.41, 5.74) is 1.16. The maximum Gasteiger partial charge on any atom is 0.328 e. The maximum atomic E-state index is 14.0. The molecule has 0 amide bonds. The van der Waals surface area contributed by atoms with Gasteiger partial charge in [0.2, 0.25) is 0 Å². The third-order valence-electron chi connectivity index (χ3n) is 6.05. The molecule has 0 radical (unpaired) electrons. The second-order valence-corrected chi connectivity index (χ2v) is 9.37. The van der Waals surface area contributed by atoms with Crippen molar-refractivity contribution in [3.8, 4) is 11.3 Å². The molecule has 1 saturated carbocycles. The summed E-state index contributed by atoms with van der Waals surface area (Å²) in [6, 6.07) is 10.1. The lowest BCUT2D eigenvalue weighted by molar-refractivity contribution is -0.131. The van der Waals surface area contributed by atoms with Gasteiger partial charge in [0, 0.05) is 35.4 Å². The number of methoxy groups -OCH3 is 1. The van der Waals surface area contributed by atoms with Gasteiger partial charge in [-0.25, -0.2) is 4.79 Å². The number of aliphatic carboxylic acids is 1. The number of nitrogens with zero attached hydrogens (tertiary/aromatic N) is 2. The van der Waals surface area contributed by atoms with Crippen molar-refractivity contribution in [1.29, 1.82) is 0 Å². The average molecular weight is 532 g/mol. The van der Waals surface area contributed by atoms with Crippen molar-refractivity contribution in [2.24, 2.45) is 0 Å². The van der Waals surface area contributed by atoms with E-state index in [-0.39, 0.29) is 21.3 Å². The Balaban J connectivity index is 1.71. The molecule has 2 heterocycles. The normalized spacial score (nSPS) is 14.6. The van der Waals surface area contributed by atoms with Crippen molar-refractivity contribution in [2.75, 3.05) is 7.11 Å². The van der Waals surface area contributed by atoms with Crippen LogP contribution < -0.4 is 0 Å². The molecule has 0 atom stereocenters. The van der Waals surface area contributed by atoms with E-state index in [4.69, 9.17) is 49.2 Å². The van der Waals surface area contributed by atoms with Crippen LogP contribution in [0.5, 0.6) is 0 Å². The van der Waals surface area contributed by atoms with Crippen LogP contribution >= 0.6 is 34.8 Å². The molecule has 7 nitrogen and oxygen atoms in total. The Morgan fingerprint density at radius 1 is 1.17 bits per heavy atom. The molecule has 35 heavy (non-hydrogen) atoms. The van der Waals surface area contributed by atoms with Crippen LogP contribution in [-0.2, 0) is 15.1 Å². The van der Waals surface area contributed by atoms with Gasteiger partial charge in [0.1, 0.15) is 16.9 Å². The van der Waals surface area contributed by atoms with E-state index in [2.05, 4.69) is 5.16 Å². The average Bonchev–Trinajstić information content (AvgIpc) is 3.28. The van der Waals surface area contributed by atoms with Gasteiger partial charge in [-0.3, -0.25) is 9.36 Å². The third-order valence-corrected chi connectivity index (χ3v) is 6.86. The predicted molar refractivity (Wildman–Crippen MR) is 133 cm³/mol. The SMILES string of the molecule is COC1(c2onc(-c3c(Cl)cc(Cl)cc3Cl)c2C(=O)n2ccc3c(/C=C/C(=O)O)cccc32)CC1. The molecule has 1 aliphatic rings. The van der Waals surface area contributed by atoms with Gasteiger partial charge in [-0.05, 0) is 48.7 Å². The van der Waals surface area contributed by atoms with E-state index in [0.29, 0.717) is 45.7 Å². The molecule has 0 saturated heterocycles. The molecule has 5 rings (SSSR count). The highest BCUT2D eigenvalue weighted by Crippen LogP contribution is 2.52. The smallest absolute Gasteiger partial charge is 0.328 e.